The number of halogens is 3. The zero-order valence-electron chi connectivity index (χ0n) is 15.6. The number of carboxylic acids is 1. The number of thioether (sulfide) groups is 1. The van der Waals surface area contributed by atoms with Crippen LogP contribution in [0.2, 0.25) is 0 Å². The van der Waals surface area contributed by atoms with E-state index in [1.54, 1.807) is 6.33 Å². The van der Waals surface area contributed by atoms with Crippen molar-refractivity contribution in [1.29, 1.82) is 0 Å². The minimum atomic E-state index is -5.08. The van der Waals surface area contributed by atoms with Gasteiger partial charge in [-0.15, -0.1) is 22.0 Å². The van der Waals surface area contributed by atoms with E-state index in [1.807, 2.05) is 23.4 Å². The molecule has 0 amide bonds. The third-order valence-electron chi connectivity index (χ3n) is 3.39. The predicted octanol–water partition coefficient (Wildman–Crippen LogP) is 3.37. The van der Waals surface area contributed by atoms with Crippen LogP contribution in [0.25, 0.3) is 0 Å². The van der Waals surface area contributed by atoms with Gasteiger partial charge in [0.05, 0.1) is 6.54 Å². The normalized spacial score (nSPS) is 12.4. The molecule has 1 aromatic heterocycles. The molecule has 0 saturated carbocycles. The Balaban J connectivity index is 0.000000445. The topological polar surface area (TPSA) is 71.2 Å². The Kier molecular flexibility index (Phi) is 8.77. The van der Waals surface area contributed by atoms with Gasteiger partial charge in [0.1, 0.15) is 12.2 Å². The van der Waals surface area contributed by atoms with Crippen LogP contribution in [0.3, 0.4) is 0 Å². The quantitative estimate of drug-likeness (QED) is 0.745. The standard InChI is InChI=1S/C15H22N4S.C2HF3O2/c1-12-5-7-14(8-6-12)20-13(2)9-18(3)10-15-17-16-11-19(15)4;3-2(4,5)1(6)7/h5-8,11,13H,9-10H2,1-4H3;(H,6,7). The summed E-state index contributed by atoms with van der Waals surface area (Å²) in [6.45, 7) is 6.23. The number of alkyl halides is 3. The van der Waals surface area contributed by atoms with Crippen molar-refractivity contribution in [3.8, 4) is 0 Å². The van der Waals surface area contributed by atoms with E-state index in [9.17, 15) is 13.2 Å². The van der Waals surface area contributed by atoms with Crippen LogP contribution < -0.4 is 0 Å². The fourth-order valence-electron chi connectivity index (χ4n) is 2.08. The van der Waals surface area contributed by atoms with Crippen molar-refractivity contribution in [2.75, 3.05) is 13.6 Å². The summed E-state index contributed by atoms with van der Waals surface area (Å²) >= 11 is 1.91. The summed E-state index contributed by atoms with van der Waals surface area (Å²) < 4.78 is 33.7. The lowest BCUT2D eigenvalue weighted by atomic mass is 10.2. The minimum Gasteiger partial charge on any atom is -0.475 e. The lowest BCUT2D eigenvalue weighted by molar-refractivity contribution is -0.192. The molecule has 2 rings (SSSR count). The van der Waals surface area contributed by atoms with E-state index in [4.69, 9.17) is 9.90 Å². The van der Waals surface area contributed by atoms with Gasteiger partial charge in [0, 0.05) is 23.7 Å². The summed E-state index contributed by atoms with van der Waals surface area (Å²) in [5.41, 5.74) is 1.31. The smallest absolute Gasteiger partial charge is 0.475 e. The van der Waals surface area contributed by atoms with E-state index in [0.717, 1.165) is 18.9 Å². The van der Waals surface area contributed by atoms with Crippen molar-refractivity contribution in [2.45, 2.75) is 36.7 Å². The van der Waals surface area contributed by atoms with E-state index in [-0.39, 0.29) is 0 Å². The number of hydrogen-bond donors (Lipinski definition) is 1. The first-order chi connectivity index (χ1) is 12.5. The Bertz CT molecular complexity index is 720. The second kappa shape index (κ2) is 10.3. The fourth-order valence-corrected chi connectivity index (χ4v) is 3.17. The number of carboxylic acid groups (broad SMARTS) is 1. The molecule has 0 saturated heterocycles. The van der Waals surface area contributed by atoms with Crippen molar-refractivity contribution >= 4 is 17.7 Å². The number of aryl methyl sites for hydroxylation is 2. The van der Waals surface area contributed by atoms with Crippen LogP contribution in [0.15, 0.2) is 35.5 Å². The van der Waals surface area contributed by atoms with Crippen LogP contribution in [-0.2, 0) is 18.4 Å². The molecular weight excluding hydrogens is 381 g/mol. The Morgan fingerprint density at radius 3 is 2.33 bits per heavy atom. The van der Waals surface area contributed by atoms with E-state index in [0.29, 0.717) is 5.25 Å². The number of aromatic nitrogens is 3. The summed E-state index contributed by atoms with van der Waals surface area (Å²) in [5, 5.41) is 15.7. The summed E-state index contributed by atoms with van der Waals surface area (Å²) in [6.07, 6.45) is -3.34. The molecule has 1 heterocycles. The molecule has 0 radical (unpaired) electrons. The van der Waals surface area contributed by atoms with Crippen molar-refractivity contribution in [3.05, 3.63) is 42.0 Å². The summed E-state index contributed by atoms with van der Waals surface area (Å²) in [6, 6.07) is 8.72. The number of rotatable bonds is 6. The second-order valence-corrected chi connectivity index (χ2v) is 7.61. The van der Waals surface area contributed by atoms with Gasteiger partial charge in [-0.3, -0.25) is 4.90 Å². The lowest BCUT2D eigenvalue weighted by Gasteiger charge is -2.20. The molecule has 0 aliphatic rings. The summed E-state index contributed by atoms with van der Waals surface area (Å²) in [7, 11) is 4.11. The van der Waals surface area contributed by atoms with Gasteiger partial charge in [0.25, 0.3) is 0 Å². The molecule has 27 heavy (non-hydrogen) atoms. The molecule has 0 fully saturated rings. The fraction of sp³-hybridized carbons (Fsp3) is 0.471. The molecule has 1 aromatic carbocycles. The van der Waals surface area contributed by atoms with Crippen LogP contribution in [0, 0.1) is 6.92 Å². The van der Waals surface area contributed by atoms with Crippen molar-refractivity contribution in [3.63, 3.8) is 0 Å². The van der Waals surface area contributed by atoms with E-state index in [2.05, 4.69) is 60.3 Å². The molecule has 6 nitrogen and oxygen atoms in total. The molecule has 0 aliphatic heterocycles. The van der Waals surface area contributed by atoms with Crippen LogP contribution in [0.1, 0.15) is 18.3 Å². The average molecular weight is 404 g/mol. The van der Waals surface area contributed by atoms with Gasteiger partial charge in [-0.1, -0.05) is 24.6 Å². The van der Waals surface area contributed by atoms with Gasteiger partial charge in [0.2, 0.25) is 0 Å². The highest BCUT2D eigenvalue weighted by atomic mass is 32.2. The van der Waals surface area contributed by atoms with Gasteiger partial charge in [-0.2, -0.15) is 13.2 Å². The molecule has 1 N–H and O–H groups in total. The number of benzene rings is 1. The van der Waals surface area contributed by atoms with Crippen molar-refractivity contribution in [2.24, 2.45) is 7.05 Å². The second-order valence-electron chi connectivity index (χ2n) is 6.10. The van der Waals surface area contributed by atoms with Gasteiger partial charge in [-0.05, 0) is 26.1 Å². The molecule has 0 spiro atoms. The van der Waals surface area contributed by atoms with E-state index in [1.165, 1.54) is 10.5 Å². The third-order valence-corrected chi connectivity index (χ3v) is 4.48. The number of hydrogen-bond acceptors (Lipinski definition) is 5. The van der Waals surface area contributed by atoms with Crippen LogP contribution in [0.5, 0.6) is 0 Å². The molecule has 0 aliphatic carbocycles. The number of carbonyl (C=O) groups is 1. The summed E-state index contributed by atoms with van der Waals surface area (Å²) in [5.74, 6) is -1.76. The minimum absolute atomic E-state index is 0.538. The maximum absolute atomic E-state index is 10.6. The molecular formula is C17H23F3N4O2S. The first kappa shape index (κ1) is 23.0. The predicted molar refractivity (Wildman–Crippen MR) is 97.5 cm³/mol. The van der Waals surface area contributed by atoms with E-state index < -0.39 is 12.1 Å². The zero-order valence-corrected chi connectivity index (χ0v) is 16.4. The Morgan fingerprint density at radius 2 is 1.89 bits per heavy atom. The largest absolute Gasteiger partial charge is 0.490 e. The highest BCUT2D eigenvalue weighted by molar-refractivity contribution is 8.00. The highest BCUT2D eigenvalue weighted by Crippen LogP contribution is 2.24. The molecule has 0 bridgehead atoms. The Labute approximate surface area is 160 Å². The first-order valence-electron chi connectivity index (χ1n) is 8.04. The van der Waals surface area contributed by atoms with Crippen LogP contribution in [-0.4, -0.2) is 55.8 Å². The Hall–Kier alpha value is -2.07. The van der Waals surface area contributed by atoms with Crippen LogP contribution in [0.4, 0.5) is 13.2 Å². The van der Waals surface area contributed by atoms with Gasteiger partial charge in [0.15, 0.2) is 0 Å². The first-order valence-corrected chi connectivity index (χ1v) is 8.92. The van der Waals surface area contributed by atoms with Gasteiger partial charge in [-0.25, -0.2) is 4.79 Å². The number of nitrogens with zero attached hydrogens (tertiary/aromatic N) is 4. The van der Waals surface area contributed by atoms with Gasteiger partial charge >= 0.3 is 12.1 Å². The SMILES string of the molecule is Cc1ccc(SC(C)CN(C)Cc2nncn2C)cc1.O=C(O)C(F)(F)F. The number of aliphatic carboxylic acids is 1. The Morgan fingerprint density at radius 1 is 1.33 bits per heavy atom. The summed E-state index contributed by atoms with van der Waals surface area (Å²) in [4.78, 5) is 12.5. The molecule has 2 aromatic rings. The average Bonchev–Trinajstić information content (AvgIpc) is 2.94. The highest BCUT2D eigenvalue weighted by Gasteiger charge is 2.38. The lowest BCUT2D eigenvalue weighted by Crippen LogP contribution is -2.26. The third kappa shape index (κ3) is 8.91. The van der Waals surface area contributed by atoms with E-state index >= 15 is 0 Å². The maximum Gasteiger partial charge on any atom is 0.490 e. The van der Waals surface area contributed by atoms with Crippen molar-refractivity contribution < 1.29 is 23.1 Å². The molecule has 1 unspecified atom stereocenters. The van der Waals surface area contributed by atoms with Crippen LogP contribution >= 0.6 is 11.8 Å². The zero-order chi connectivity index (χ0) is 20.6. The van der Waals surface area contributed by atoms with Crippen molar-refractivity contribution in [1.82, 2.24) is 19.7 Å². The monoisotopic (exact) mass is 404 g/mol. The molecule has 150 valence electrons. The maximum atomic E-state index is 10.6. The van der Waals surface area contributed by atoms with Gasteiger partial charge < -0.3 is 9.67 Å². The molecule has 10 heteroatoms. The molecule has 1 atom stereocenters.